The highest BCUT2D eigenvalue weighted by molar-refractivity contribution is 5.72. The Kier molecular flexibility index (Phi) is 2.48. The highest BCUT2D eigenvalue weighted by Crippen LogP contribution is 2.31. The smallest absolute Gasteiger partial charge is 0.0687 e. The Balaban J connectivity index is 1.88. The second-order valence-corrected chi connectivity index (χ2v) is 4.54. The van der Waals surface area contributed by atoms with Crippen molar-refractivity contribution in [3.05, 3.63) is 59.7 Å². The van der Waals surface area contributed by atoms with E-state index in [1.807, 2.05) is 0 Å². The van der Waals surface area contributed by atoms with Crippen LogP contribution in [0.25, 0.3) is 0 Å². The Morgan fingerprint density at radius 2 is 1.82 bits per heavy atom. The summed E-state index contributed by atoms with van der Waals surface area (Å²) in [7, 11) is 0. The van der Waals surface area contributed by atoms with Gasteiger partial charge in [-0.25, -0.2) is 0 Å². The molecule has 0 fully saturated rings. The minimum absolute atomic E-state index is 0.353. The molecule has 2 heteroatoms. The molecule has 3 rings (SSSR count). The third kappa shape index (κ3) is 1.98. The number of hydrogen-bond donors (Lipinski definition) is 2. The van der Waals surface area contributed by atoms with Crippen LogP contribution in [0, 0.1) is 6.92 Å². The summed E-state index contributed by atoms with van der Waals surface area (Å²) in [4.78, 5) is 0. The van der Waals surface area contributed by atoms with Crippen molar-refractivity contribution in [2.75, 3.05) is 17.2 Å². The van der Waals surface area contributed by atoms with Crippen LogP contribution in [-0.4, -0.2) is 6.54 Å². The van der Waals surface area contributed by atoms with Crippen molar-refractivity contribution in [1.82, 2.24) is 0 Å². The Hall–Kier alpha value is -1.96. The van der Waals surface area contributed by atoms with Crippen molar-refractivity contribution in [2.45, 2.75) is 13.0 Å². The first-order chi connectivity index (χ1) is 8.33. The number of hydrogen-bond acceptors (Lipinski definition) is 2. The molecule has 1 atom stereocenters. The van der Waals surface area contributed by atoms with Gasteiger partial charge in [-0.15, -0.1) is 0 Å². The Bertz CT molecular complexity index is 520. The zero-order valence-corrected chi connectivity index (χ0v) is 9.90. The molecular weight excluding hydrogens is 208 g/mol. The second kappa shape index (κ2) is 4.13. The summed E-state index contributed by atoms with van der Waals surface area (Å²) in [6.07, 6.45) is 0. The van der Waals surface area contributed by atoms with E-state index >= 15 is 0 Å². The van der Waals surface area contributed by atoms with Crippen LogP contribution in [0.1, 0.15) is 17.2 Å². The van der Waals surface area contributed by atoms with Crippen LogP contribution in [0.2, 0.25) is 0 Å². The molecule has 17 heavy (non-hydrogen) atoms. The average Bonchev–Trinajstić information content (AvgIpc) is 2.39. The highest BCUT2D eigenvalue weighted by Gasteiger charge is 2.17. The van der Waals surface area contributed by atoms with Crippen LogP contribution < -0.4 is 10.6 Å². The van der Waals surface area contributed by atoms with Gasteiger partial charge < -0.3 is 10.6 Å². The van der Waals surface area contributed by atoms with Gasteiger partial charge in [-0.2, -0.15) is 0 Å². The molecule has 0 aliphatic carbocycles. The molecule has 0 amide bonds. The van der Waals surface area contributed by atoms with E-state index in [0.29, 0.717) is 6.04 Å². The van der Waals surface area contributed by atoms with Crippen LogP contribution in [-0.2, 0) is 0 Å². The molecule has 0 saturated heterocycles. The molecule has 1 aliphatic rings. The van der Waals surface area contributed by atoms with Crippen LogP contribution in [0.3, 0.4) is 0 Å². The molecule has 2 nitrogen and oxygen atoms in total. The summed E-state index contributed by atoms with van der Waals surface area (Å²) >= 11 is 0. The molecule has 0 radical (unpaired) electrons. The van der Waals surface area contributed by atoms with Crippen LogP contribution in [0.15, 0.2) is 48.5 Å². The van der Waals surface area contributed by atoms with E-state index in [4.69, 9.17) is 0 Å². The summed E-state index contributed by atoms with van der Waals surface area (Å²) < 4.78 is 0. The van der Waals surface area contributed by atoms with Crippen molar-refractivity contribution in [2.24, 2.45) is 0 Å². The van der Waals surface area contributed by atoms with Crippen molar-refractivity contribution in [1.29, 1.82) is 0 Å². The Morgan fingerprint density at radius 3 is 2.65 bits per heavy atom. The summed E-state index contributed by atoms with van der Waals surface area (Å²) in [5, 5.41) is 7.07. The largest absolute Gasteiger partial charge is 0.381 e. The predicted octanol–water partition coefficient (Wildman–Crippen LogP) is 3.57. The summed E-state index contributed by atoms with van der Waals surface area (Å²) in [6.45, 7) is 3.05. The lowest BCUT2D eigenvalue weighted by molar-refractivity contribution is 0.803. The van der Waals surface area contributed by atoms with Crippen LogP contribution in [0.5, 0.6) is 0 Å². The van der Waals surface area contributed by atoms with Gasteiger partial charge in [0.15, 0.2) is 0 Å². The van der Waals surface area contributed by atoms with Crippen molar-refractivity contribution < 1.29 is 0 Å². The molecule has 2 aromatic rings. The van der Waals surface area contributed by atoms with Crippen LogP contribution in [0.4, 0.5) is 11.4 Å². The quantitative estimate of drug-likeness (QED) is 0.773. The van der Waals surface area contributed by atoms with Gasteiger partial charge in [-0.3, -0.25) is 0 Å². The minimum Gasteiger partial charge on any atom is -0.381 e. The molecule has 1 heterocycles. The lowest BCUT2D eigenvalue weighted by Crippen LogP contribution is -2.25. The highest BCUT2D eigenvalue weighted by atomic mass is 15.1. The number of fused-ring (bicyclic) bond motifs is 1. The first-order valence-corrected chi connectivity index (χ1v) is 5.99. The lowest BCUT2D eigenvalue weighted by Gasteiger charge is -2.29. The van der Waals surface area contributed by atoms with Crippen LogP contribution >= 0.6 is 0 Å². The molecule has 0 bridgehead atoms. The van der Waals surface area contributed by atoms with E-state index in [1.165, 1.54) is 22.5 Å². The van der Waals surface area contributed by atoms with Gasteiger partial charge in [0.2, 0.25) is 0 Å². The van der Waals surface area contributed by atoms with Crippen molar-refractivity contribution in [3.8, 4) is 0 Å². The number of nitrogens with one attached hydrogen (secondary N) is 2. The minimum atomic E-state index is 0.353. The van der Waals surface area contributed by atoms with Gasteiger partial charge >= 0.3 is 0 Å². The molecule has 2 aromatic carbocycles. The van der Waals surface area contributed by atoms with E-state index in [1.54, 1.807) is 0 Å². The summed E-state index contributed by atoms with van der Waals surface area (Å²) in [5.74, 6) is 0. The molecule has 2 N–H and O–H groups in total. The average molecular weight is 224 g/mol. The van der Waals surface area contributed by atoms with Gasteiger partial charge in [0.25, 0.3) is 0 Å². The van der Waals surface area contributed by atoms with Gasteiger partial charge in [-0.05, 0) is 30.2 Å². The summed E-state index contributed by atoms with van der Waals surface area (Å²) in [5.41, 5.74) is 5.01. The Morgan fingerprint density at radius 1 is 1.00 bits per heavy atom. The van der Waals surface area contributed by atoms with Gasteiger partial charge in [0.1, 0.15) is 0 Å². The molecular formula is C15H16N2. The molecule has 0 aromatic heterocycles. The zero-order valence-electron chi connectivity index (χ0n) is 9.90. The third-order valence-electron chi connectivity index (χ3n) is 3.20. The summed E-state index contributed by atoms with van der Waals surface area (Å²) in [6, 6.07) is 17.4. The fourth-order valence-electron chi connectivity index (χ4n) is 2.27. The molecule has 0 saturated carbocycles. The number of benzene rings is 2. The van der Waals surface area contributed by atoms with E-state index in [-0.39, 0.29) is 0 Å². The molecule has 1 aliphatic heterocycles. The van der Waals surface area contributed by atoms with E-state index in [9.17, 15) is 0 Å². The predicted molar refractivity (Wildman–Crippen MR) is 72.5 cm³/mol. The maximum atomic E-state index is 3.58. The lowest BCUT2D eigenvalue weighted by atomic mass is 10.0. The monoisotopic (exact) mass is 224 g/mol. The molecule has 1 unspecified atom stereocenters. The third-order valence-corrected chi connectivity index (χ3v) is 3.20. The number of rotatable bonds is 1. The van der Waals surface area contributed by atoms with Crippen molar-refractivity contribution >= 4 is 11.4 Å². The number of anilines is 2. The fraction of sp³-hybridized carbons (Fsp3) is 0.200. The standard InChI is InChI=1S/C15H16N2/c1-11-7-8-13-14(9-11)16-10-15(17-13)12-5-3-2-4-6-12/h2-9,15-17H,10H2,1H3. The molecule has 86 valence electrons. The SMILES string of the molecule is Cc1ccc2c(c1)NCC(c1ccccc1)N2. The number of aryl methyl sites for hydroxylation is 1. The van der Waals surface area contributed by atoms with E-state index < -0.39 is 0 Å². The topological polar surface area (TPSA) is 24.1 Å². The van der Waals surface area contributed by atoms with E-state index in [0.717, 1.165) is 6.54 Å². The van der Waals surface area contributed by atoms with Gasteiger partial charge in [0, 0.05) is 6.54 Å². The van der Waals surface area contributed by atoms with Crippen molar-refractivity contribution in [3.63, 3.8) is 0 Å². The second-order valence-electron chi connectivity index (χ2n) is 4.54. The Labute approximate surface area is 102 Å². The first kappa shape index (κ1) is 10.2. The normalized spacial score (nSPS) is 17.8. The maximum Gasteiger partial charge on any atom is 0.0687 e. The van der Waals surface area contributed by atoms with E-state index in [2.05, 4.69) is 66.1 Å². The first-order valence-electron chi connectivity index (χ1n) is 5.99. The maximum absolute atomic E-state index is 3.58. The van der Waals surface area contributed by atoms with Gasteiger partial charge in [0.05, 0.1) is 17.4 Å². The molecule has 0 spiro atoms. The fourth-order valence-corrected chi connectivity index (χ4v) is 2.27. The van der Waals surface area contributed by atoms with Gasteiger partial charge in [-0.1, -0.05) is 36.4 Å². The zero-order chi connectivity index (χ0) is 11.7.